The lowest BCUT2D eigenvalue weighted by atomic mass is 10.2. The Morgan fingerprint density at radius 3 is 2.55 bits per heavy atom. The van der Waals surface area contributed by atoms with Gasteiger partial charge in [-0.15, -0.1) is 11.6 Å². The molecule has 1 aromatic heterocycles. The zero-order valence-electron chi connectivity index (χ0n) is 11.3. The minimum absolute atomic E-state index is 0.0430. The Bertz CT molecular complexity index is 674. The van der Waals surface area contributed by atoms with Crippen molar-refractivity contribution in [2.24, 2.45) is 7.05 Å². The average Bonchev–Trinajstić information content (AvgIpc) is 2.68. The molecule has 0 radical (unpaired) electrons. The standard InChI is InChI=1S/C14H15ClN2O3/c1-10-12(14(19)20-9-8-15)13(18)17(16(10)2)11-6-4-3-5-7-11/h3-7H,8-9H2,1-2H3. The lowest BCUT2D eigenvalue weighted by molar-refractivity contribution is 0.0526. The van der Waals surface area contributed by atoms with Crippen LogP contribution in [-0.4, -0.2) is 27.8 Å². The van der Waals surface area contributed by atoms with Crippen molar-refractivity contribution in [2.75, 3.05) is 12.5 Å². The second kappa shape index (κ2) is 5.96. The molecular weight excluding hydrogens is 280 g/mol. The molecule has 5 nitrogen and oxygen atoms in total. The summed E-state index contributed by atoms with van der Waals surface area (Å²) in [5.41, 5.74) is 0.898. The number of alkyl halides is 1. The predicted molar refractivity (Wildman–Crippen MR) is 76.7 cm³/mol. The Hall–Kier alpha value is -2.01. The third-order valence-corrected chi connectivity index (χ3v) is 3.22. The van der Waals surface area contributed by atoms with Crippen molar-refractivity contribution in [1.29, 1.82) is 0 Å². The van der Waals surface area contributed by atoms with E-state index in [1.165, 1.54) is 4.68 Å². The number of benzene rings is 1. The Balaban J connectivity index is 2.53. The van der Waals surface area contributed by atoms with Gasteiger partial charge in [-0.2, -0.15) is 0 Å². The van der Waals surface area contributed by atoms with Crippen LogP contribution in [-0.2, 0) is 11.8 Å². The first-order valence-corrected chi connectivity index (χ1v) is 6.68. The summed E-state index contributed by atoms with van der Waals surface area (Å²) >= 11 is 5.48. The van der Waals surface area contributed by atoms with Gasteiger partial charge in [0.05, 0.1) is 17.3 Å². The lowest BCUT2D eigenvalue weighted by Crippen LogP contribution is -2.23. The van der Waals surface area contributed by atoms with Crippen molar-refractivity contribution in [3.8, 4) is 5.69 Å². The predicted octanol–water partition coefficient (Wildman–Crippen LogP) is 1.88. The molecule has 2 aromatic rings. The summed E-state index contributed by atoms with van der Waals surface area (Å²) in [7, 11) is 1.72. The van der Waals surface area contributed by atoms with E-state index < -0.39 is 11.5 Å². The molecule has 2 rings (SSSR count). The van der Waals surface area contributed by atoms with E-state index in [1.54, 1.807) is 30.8 Å². The van der Waals surface area contributed by atoms with Crippen LogP contribution in [0.4, 0.5) is 0 Å². The van der Waals surface area contributed by atoms with Crippen LogP contribution in [0.5, 0.6) is 0 Å². The molecule has 20 heavy (non-hydrogen) atoms. The zero-order chi connectivity index (χ0) is 14.7. The monoisotopic (exact) mass is 294 g/mol. The molecule has 6 heteroatoms. The summed E-state index contributed by atoms with van der Waals surface area (Å²) in [5, 5.41) is 0. The van der Waals surface area contributed by atoms with Gasteiger partial charge >= 0.3 is 5.97 Å². The average molecular weight is 295 g/mol. The van der Waals surface area contributed by atoms with Gasteiger partial charge in [0, 0.05) is 7.05 Å². The van der Waals surface area contributed by atoms with Gasteiger partial charge in [0.1, 0.15) is 12.2 Å². The molecule has 0 N–H and O–H groups in total. The van der Waals surface area contributed by atoms with Crippen LogP contribution in [0.2, 0.25) is 0 Å². The van der Waals surface area contributed by atoms with E-state index in [2.05, 4.69) is 0 Å². The number of nitrogens with zero attached hydrogens (tertiary/aromatic N) is 2. The van der Waals surface area contributed by atoms with Crippen LogP contribution in [0.15, 0.2) is 35.1 Å². The van der Waals surface area contributed by atoms with E-state index in [1.807, 2.05) is 18.2 Å². The van der Waals surface area contributed by atoms with Gasteiger partial charge in [-0.05, 0) is 19.1 Å². The first kappa shape index (κ1) is 14.4. The number of hydrogen-bond acceptors (Lipinski definition) is 3. The number of aromatic nitrogens is 2. The maximum absolute atomic E-state index is 12.4. The van der Waals surface area contributed by atoms with Gasteiger partial charge in [-0.1, -0.05) is 18.2 Å². The highest BCUT2D eigenvalue weighted by Gasteiger charge is 2.23. The van der Waals surface area contributed by atoms with Crippen LogP contribution in [0.1, 0.15) is 16.1 Å². The Morgan fingerprint density at radius 1 is 1.30 bits per heavy atom. The number of hydrogen-bond donors (Lipinski definition) is 0. The Kier molecular flexibility index (Phi) is 4.29. The van der Waals surface area contributed by atoms with E-state index in [4.69, 9.17) is 16.3 Å². The molecule has 0 aliphatic heterocycles. The van der Waals surface area contributed by atoms with Gasteiger partial charge in [0.25, 0.3) is 5.56 Å². The van der Waals surface area contributed by atoms with Gasteiger partial charge in [-0.3, -0.25) is 9.48 Å². The van der Waals surface area contributed by atoms with Crippen LogP contribution in [0.3, 0.4) is 0 Å². The highest BCUT2D eigenvalue weighted by molar-refractivity contribution is 6.18. The van der Waals surface area contributed by atoms with Gasteiger partial charge in [0.15, 0.2) is 0 Å². The molecule has 1 heterocycles. The minimum atomic E-state index is -0.640. The Morgan fingerprint density at radius 2 is 1.95 bits per heavy atom. The van der Waals surface area contributed by atoms with Crippen LogP contribution in [0, 0.1) is 6.92 Å². The molecule has 0 unspecified atom stereocenters. The number of rotatable bonds is 4. The topological polar surface area (TPSA) is 53.2 Å². The minimum Gasteiger partial charge on any atom is -0.461 e. The van der Waals surface area contributed by atoms with Crippen molar-refractivity contribution >= 4 is 17.6 Å². The van der Waals surface area contributed by atoms with Crippen molar-refractivity contribution in [2.45, 2.75) is 6.92 Å². The fraction of sp³-hybridized carbons (Fsp3) is 0.286. The summed E-state index contributed by atoms with van der Waals surface area (Å²) in [6.07, 6.45) is 0. The van der Waals surface area contributed by atoms with Gasteiger partial charge in [0.2, 0.25) is 0 Å². The molecule has 0 atom stereocenters. The molecule has 0 saturated heterocycles. The summed E-state index contributed by atoms with van der Waals surface area (Å²) in [4.78, 5) is 24.4. The molecule has 0 spiro atoms. The third kappa shape index (κ3) is 2.49. The molecular formula is C14H15ClN2O3. The first-order valence-electron chi connectivity index (χ1n) is 6.15. The van der Waals surface area contributed by atoms with Crippen molar-refractivity contribution in [3.05, 3.63) is 51.9 Å². The normalized spacial score (nSPS) is 10.6. The molecule has 0 aliphatic carbocycles. The van der Waals surface area contributed by atoms with E-state index in [-0.39, 0.29) is 18.1 Å². The zero-order valence-corrected chi connectivity index (χ0v) is 12.1. The highest BCUT2D eigenvalue weighted by atomic mass is 35.5. The largest absolute Gasteiger partial charge is 0.461 e. The fourth-order valence-corrected chi connectivity index (χ4v) is 2.08. The Labute approximate surface area is 121 Å². The summed E-state index contributed by atoms with van der Waals surface area (Å²) < 4.78 is 8.02. The highest BCUT2D eigenvalue weighted by Crippen LogP contribution is 2.10. The maximum atomic E-state index is 12.4. The van der Waals surface area contributed by atoms with E-state index in [9.17, 15) is 9.59 Å². The first-order chi connectivity index (χ1) is 9.57. The quantitative estimate of drug-likeness (QED) is 0.639. The lowest BCUT2D eigenvalue weighted by Gasteiger charge is -2.07. The van der Waals surface area contributed by atoms with Gasteiger partial charge in [-0.25, -0.2) is 9.48 Å². The summed E-state index contributed by atoms with van der Waals surface area (Å²) in [6, 6.07) is 9.12. The number of halogens is 1. The number of carbonyl (C=O) groups excluding carboxylic acids is 1. The SMILES string of the molecule is Cc1c(C(=O)OCCCl)c(=O)n(-c2ccccc2)n1C. The van der Waals surface area contributed by atoms with Crippen LogP contribution < -0.4 is 5.56 Å². The summed E-state index contributed by atoms with van der Waals surface area (Å²) in [5.74, 6) is -0.441. The van der Waals surface area contributed by atoms with Crippen molar-refractivity contribution < 1.29 is 9.53 Å². The van der Waals surface area contributed by atoms with E-state index in [0.29, 0.717) is 11.4 Å². The molecule has 0 amide bonds. The second-order valence-corrected chi connectivity index (χ2v) is 4.64. The fourth-order valence-electron chi connectivity index (χ4n) is 2.01. The van der Waals surface area contributed by atoms with E-state index in [0.717, 1.165) is 0 Å². The molecule has 0 bridgehead atoms. The third-order valence-electron chi connectivity index (χ3n) is 3.07. The number of carbonyl (C=O) groups is 1. The van der Waals surface area contributed by atoms with Crippen LogP contribution in [0.25, 0.3) is 5.69 Å². The smallest absolute Gasteiger partial charge is 0.345 e. The maximum Gasteiger partial charge on any atom is 0.345 e. The van der Waals surface area contributed by atoms with E-state index >= 15 is 0 Å². The summed E-state index contributed by atoms with van der Waals surface area (Å²) in [6.45, 7) is 1.79. The number of para-hydroxylation sites is 1. The number of ether oxygens (including phenoxy) is 1. The molecule has 1 aromatic carbocycles. The van der Waals surface area contributed by atoms with Crippen molar-refractivity contribution in [1.82, 2.24) is 9.36 Å². The molecule has 106 valence electrons. The van der Waals surface area contributed by atoms with Gasteiger partial charge < -0.3 is 4.74 Å². The van der Waals surface area contributed by atoms with Crippen molar-refractivity contribution in [3.63, 3.8) is 0 Å². The molecule has 0 aliphatic rings. The van der Waals surface area contributed by atoms with Crippen LogP contribution >= 0.6 is 11.6 Å². The second-order valence-electron chi connectivity index (χ2n) is 4.26. The molecule has 0 fully saturated rings. The number of esters is 1. The molecule has 0 saturated carbocycles.